The van der Waals surface area contributed by atoms with E-state index in [1.807, 2.05) is 19.9 Å². The predicted octanol–water partition coefficient (Wildman–Crippen LogP) is 3.36. The van der Waals surface area contributed by atoms with E-state index in [2.05, 4.69) is 41.5 Å². The van der Waals surface area contributed by atoms with E-state index in [-0.39, 0.29) is 11.8 Å². The Balaban J connectivity index is 1.91. The number of amides is 1. The van der Waals surface area contributed by atoms with Crippen LogP contribution in [-0.4, -0.2) is 17.4 Å². The van der Waals surface area contributed by atoms with E-state index < -0.39 is 0 Å². The highest BCUT2D eigenvalue weighted by Crippen LogP contribution is 2.21. The lowest BCUT2D eigenvalue weighted by molar-refractivity contribution is -0.123. The Kier molecular flexibility index (Phi) is 5.51. The topological polar surface area (TPSA) is 42.0 Å². The van der Waals surface area contributed by atoms with Crippen LogP contribution in [0.3, 0.4) is 0 Å². The van der Waals surface area contributed by atoms with E-state index in [1.54, 1.807) is 11.3 Å². The third-order valence-corrected chi connectivity index (χ3v) is 4.52. The molecule has 4 heteroatoms. The fourth-order valence-electron chi connectivity index (χ4n) is 2.04. The quantitative estimate of drug-likeness (QED) is 0.889. The van der Waals surface area contributed by atoms with Gasteiger partial charge in [-0.25, -0.2) is 4.98 Å². The number of thiazole rings is 1. The summed E-state index contributed by atoms with van der Waals surface area (Å²) in [6.45, 7) is 6.53. The summed E-state index contributed by atoms with van der Waals surface area (Å²) in [5, 5.41) is 4.04. The van der Waals surface area contributed by atoms with Gasteiger partial charge in [0.1, 0.15) is 0 Å². The van der Waals surface area contributed by atoms with E-state index in [0.29, 0.717) is 6.54 Å². The first kappa shape index (κ1) is 15.7. The van der Waals surface area contributed by atoms with Crippen molar-refractivity contribution in [2.45, 2.75) is 33.6 Å². The summed E-state index contributed by atoms with van der Waals surface area (Å²) in [5.74, 6) is 0.143. The van der Waals surface area contributed by atoms with Crippen molar-refractivity contribution in [1.29, 1.82) is 0 Å². The van der Waals surface area contributed by atoms with Gasteiger partial charge in [0.2, 0.25) is 5.91 Å². The Morgan fingerprint density at radius 3 is 2.67 bits per heavy atom. The highest BCUT2D eigenvalue weighted by Gasteiger charge is 2.10. The lowest BCUT2D eigenvalue weighted by Crippen LogP contribution is -2.29. The fraction of sp³-hybridized carbons (Fsp3) is 0.412. The number of hydrogen-bond donors (Lipinski definition) is 1. The molecule has 0 atom stereocenters. The van der Waals surface area contributed by atoms with Gasteiger partial charge in [0, 0.05) is 30.2 Å². The van der Waals surface area contributed by atoms with Crippen LogP contribution in [0.5, 0.6) is 0 Å². The molecule has 21 heavy (non-hydrogen) atoms. The van der Waals surface area contributed by atoms with Crippen LogP contribution in [0.25, 0.3) is 0 Å². The van der Waals surface area contributed by atoms with E-state index >= 15 is 0 Å². The molecule has 1 N–H and O–H groups in total. The molecule has 0 spiro atoms. The third-order valence-electron chi connectivity index (χ3n) is 3.31. The molecule has 0 radical (unpaired) electrons. The molecule has 2 rings (SSSR count). The number of aryl methyl sites for hydroxylation is 1. The normalized spacial score (nSPS) is 10.9. The van der Waals surface area contributed by atoms with Crippen LogP contribution < -0.4 is 5.32 Å². The van der Waals surface area contributed by atoms with Gasteiger partial charge in [0.05, 0.1) is 10.7 Å². The molecule has 0 fully saturated rings. The van der Waals surface area contributed by atoms with Crippen LogP contribution in [0, 0.1) is 12.8 Å². The minimum atomic E-state index is 0.0386. The SMILES string of the molecule is Cc1nc(CCNC(=O)C(C)C)sc1Cc1ccccc1. The Bertz CT molecular complexity index is 590. The molecular weight excluding hydrogens is 280 g/mol. The lowest BCUT2D eigenvalue weighted by atomic mass is 10.1. The van der Waals surface area contributed by atoms with Crippen molar-refractivity contribution in [2.75, 3.05) is 6.54 Å². The van der Waals surface area contributed by atoms with Crippen LogP contribution in [-0.2, 0) is 17.6 Å². The van der Waals surface area contributed by atoms with Crippen LogP contribution in [0.4, 0.5) is 0 Å². The van der Waals surface area contributed by atoms with Crippen molar-refractivity contribution in [2.24, 2.45) is 5.92 Å². The molecule has 1 aromatic heterocycles. The Morgan fingerprint density at radius 2 is 2.00 bits per heavy atom. The smallest absolute Gasteiger partial charge is 0.222 e. The minimum Gasteiger partial charge on any atom is -0.355 e. The summed E-state index contributed by atoms with van der Waals surface area (Å²) in [7, 11) is 0. The molecule has 1 heterocycles. The second kappa shape index (κ2) is 7.36. The molecule has 2 aromatic rings. The van der Waals surface area contributed by atoms with Crippen molar-refractivity contribution in [3.63, 3.8) is 0 Å². The van der Waals surface area contributed by atoms with Gasteiger partial charge in [0.15, 0.2) is 0 Å². The minimum absolute atomic E-state index is 0.0386. The number of aromatic nitrogens is 1. The summed E-state index contributed by atoms with van der Waals surface area (Å²) in [4.78, 5) is 17.4. The number of carbonyl (C=O) groups is 1. The molecule has 0 aliphatic carbocycles. The molecule has 1 aromatic carbocycles. The standard InChI is InChI=1S/C17H22N2OS/c1-12(2)17(20)18-10-9-16-19-13(3)15(21-16)11-14-7-5-4-6-8-14/h4-8,12H,9-11H2,1-3H3,(H,18,20). The third kappa shape index (κ3) is 4.67. The van der Waals surface area contributed by atoms with Crippen molar-refractivity contribution < 1.29 is 4.79 Å². The number of nitrogens with one attached hydrogen (secondary N) is 1. The second-order valence-corrected chi connectivity index (χ2v) is 6.64. The van der Waals surface area contributed by atoms with Crippen LogP contribution >= 0.6 is 11.3 Å². The lowest BCUT2D eigenvalue weighted by Gasteiger charge is -2.05. The fourth-order valence-corrected chi connectivity index (χ4v) is 3.14. The molecule has 0 aliphatic heterocycles. The van der Waals surface area contributed by atoms with Crippen LogP contribution in [0.1, 0.15) is 35.0 Å². The number of carbonyl (C=O) groups excluding carboxylic acids is 1. The van der Waals surface area contributed by atoms with Gasteiger partial charge in [-0.2, -0.15) is 0 Å². The number of hydrogen-bond acceptors (Lipinski definition) is 3. The zero-order valence-electron chi connectivity index (χ0n) is 12.8. The van der Waals surface area contributed by atoms with Gasteiger partial charge >= 0.3 is 0 Å². The molecule has 0 bridgehead atoms. The molecule has 0 saturated heterocycles. The molecule has 0 saturated carbocycles. The average molecular weight is 302 g/mol. The summed E-state index contributed by atoms with van der Waals surface area (Å²) in [6, 6.07) is 10.4. The van der Waals surface area contributed by atoms with Gasteiger partial charge < -0.3 is 5.32 Å². The summed E-state index contributed by atoms with van der Waals surface area (Å²) in [5.41, 5.74) is 2.41. The number of rotatable bonds is 6. The van der Waals surface area contributed by atoms with E-state index in [0.717, 1.165) is 23.5 Å². The average Bonchev–Trinajstić information content (AvgIpc) is 2.80. The predicted molar refractivity (Wildman–Crippen MR) is 87.7 cm³/mol. The largest absolute Gasteiger partial charge is 0.355 e. The maximum Gasteiger partial charge on any atom is 0.222 e. The van der Waals surface area contributed by atoms with Crippen molar-refractivity contribution in [3.05, 3.63) is 51.5 Å². The molecule has 112 valence electrons. The monoisotopic (exact) mass is 302 g/mol. The first-order valence-electron chi connectivity index (χ1n) is 7.33. The molecule has 1 amide bonds. The van der Waals surface area contributed by atoms with E-state index in [4.69, 9.17) is 0 Å². The Hall–Kier alpha value is -1.68. The van der Waals surface area contributed by atoms with Gasteiger partial charge in [-0.15, -0.1) is 11.3 Å². The highest BCUT2D eigenvalue weighted by atomic mass is 32.1. The maximum absolute atomic E-state index is 11.5. The van der Waals surface area contributed by atoms with Gasteiger partial charge in [-0.05, 0) is 12.5 Å². The Morgan fingerprint density at radius 1 is 1.29 bits per heavy atom. The summed E-state index contributed by atoms with van der Waals surface area (Å²) < 4.78 is 0. The van der Waals surface area contributed by atoms with Crippen molar-refractivity contribution in [3.8, 4) is 0 Å². The summed E-state index contributed by atoms with van der Waals surface area (Å²) >= 11 is 1.75. The number of nitrogens with zero attached hydrogens (tertiary/aromatic N) is 1. The first-order valence-corrected chi connectivity index (χ1v) is 8.14. The second-order valence-electron chi connectivity index (χ2n) is 5.47. The van der Waals surface area contributed by atoms with Crippen LogP contribution in [0.2, 0.25) is 0 Å². The molecule has 3 nitrogen and oxygen atoms in total. The molecular formula is C17H22N2OS. The van der Waals surface area contributed by atoms with Gasteiger partial charge in [-0.1, -0.05) is 44.2 Å². The van der Waals surface area contributed by atoms with E-state index in [9.17, 15) is 4.79 Å². The Labute approximate surface area is 130 Å². The van der Waals surface area contributed by atoms with Crippen LogP contribution in [0.15, 0.2) is 30.3 Å². The number of benzene rings is 1. The van der Waals surface area contributed by atoms with Crippen molar-refractivity contribution in [1.82, 2.24) is 10.3 Å². The van der Waals surface area contributed by atoms with Gasteiger partial charge in [0.25, 0.3) is 0 Å². The maximum atomic E-state index is 11.5. The molecule has 0 aliphatic rings. The zero-order valence-corrected chi connectivity index (χ0v) is 13.7. The first-order chi connectivity index (χ1) is 10.1. The van der Waals surface area contributed by atoms with E-state index in [1.165, 1.54) is 10.4 Å². The molecule has 0 unspecified atom stereocenters. The van der Waals surface area contributed by atoms with Crippen molar-refractivity contribution >= 4 is 17.2 Å². The van der Waals surface area contributed by atoms with Gasteiger partial charge in [-0.3, -0.25) is 4.79 Å². The highest BCUT2D eigenvalue weighted by molar-refractivity contribution is 7.11. The summed E-state index contributed by atoms with van der Waals surface area (Å²) in [6.07, 6.45) is 1.74. The zero-order chi connectivity index (χ0) is 15.2.